The molecule has 41 nitrogen and oxygen atoms in total. The standard InChI is InChI=1S/C23H20N4O2S.C22H19N7O2.C20H17F2N5O4.C20H19N5O4.C20H19N5O3S/c1-3-15-6-4-7-16(12-15)13-18-14-25-22(30-18)21(28)26-19-10-9-17-8-5-11-24-20(17)27(2)23(19)29;1-29-20-16(7-13(10-23)11-24-20)14-9-15(14)18(22(29)31)26-21(30)19-25-17(27-28-19)8-12-5-3-2-4-6-12;1-11-14(18(29)27(2)15-13(30-11)9-6-10-23-15)24-16(28)17-25-26-19(31-17)20(21,22)12-7-4-3-5-8-12;1-12-16(20(27)25(2)18-14(28-12)9-6-10-21-18)23-19(26)17-22-15(29-24-17)11-13-7-4-3-5-8-13;1-12-16(20(27)25(2)17-14(28-12)9-6-10-21-17)22-18(26)19-24-23-15(29-19)11-13-7-4-3-5-8-13/h1,4-8,11-12,14,19H,9-10,13H2,2H3,(H,26,28);2-7,11,14-15,18H,8-9H2,1H3,(H,26,30)(H,25,27,28);3-11,14H,1-2H3,(H,24,28);3-10,12,16H,11H2,1-2H3,(H,23,26);3-10,12,16H,11H2,1-2H3,(H,22,26)/t19-;14-,15+,18+;11-,14+;2*12-,16+/m01111/s1. The van der Waals surface area contributed by atoms with Crippen molar-refractivity contribution in [3.63, 3.8) is 0 Å². The third-order valence-electron chi connectivity index (χ3n) is 24.8. The minimum absolute atomic E-state index is 0.00485. The molecular formula is C105H94F2N26O15S2. The Hall–Kier alpha value is -18.5. The number of alkyl halides is 2. The predicted molar refractivity (Wildman–Crippen MR) is 540 cm³/mol. The molecule has 10 atom stereocenters. The summed E-state index contributed by atoms with van der Waals surface area (Å²) in [7, 11) is 8.00. The number of carbonyl (C=O) groups excluding carboxylic acids is 10. The number of benzene rings is 5. The monoisotopic (exact) mass is 2060 g/mol. The van der Waals surface area contributed by atoms with Crippen molar-refractivity contribution in [3.05, 3.63) is 342 Å². The van der Waals surface area contributed by atoms with Crippen molar-refractivity contribution >= 4 is 111 Å². The van der Waals surface area contributed by atoms with E-state index in [2.05, 4.69) is 114 Å². The van der Waals surface area contributed by atoms with Gasteiger partial charge in [0.15, 0.2) is 39.7 Å². The maximum atomic E-state index is 14.6. The van der Waals surface area contributed by atoms with Crippen LogP contribution in [0.4, 0.5) is 37.9 Å². The molecule has 10 aromatic heterocycles. The molecule has 5 aromatic carbocycles. The molecule has 1 saturated carbocycles. The number of hydrogen-bond acceptors (Lipinski definition) is 32. The van der Waals surface area contributed by atoms with Crippen LogP contribution in [0.25, 0.3) is 0 Å². The third kappa shape index (κ3) is 23.7. The average Bonchev–Trinajstić information content (AvgIpc) is 1.58. The van der Waals surface area contributed by atoms with Crippen molar-refractivity contribution in [2.45, 2.75) is 126 Å². The first-order chi connectivity index (χ1) is 72.4. The van der Waals surface area contributed by atoms with E-state index >= 15 is 0 Å². The smallest absolute Gasteiger partial charge is 0.349 e. The van der Waals surface area contributed by atoms with Crippen LogP contribution in [0.3, 0.4) is 0 Å². The fourth-order valence-corrected chi connectivity index (χ4v) is 18.6. The highest BCUT2D eigenvalue weighted by molar-refractivity contribution is 7.13. The van der Waals surface area contributed by atoms with Crippen LogP contribution in [-0.4, -0.2) is 218 Å². The van der Waals surface area contributed by atoms with Gasteiger partial charge in [0, 0.05) is 108 Å². The van der Waals surface area contributed by atoms with Gasteiger partial charge in [0.2, 0.25) is 22.6 Å². The van der Waals surface area contributed by atoms with Gasteiger partial charge >= 0.3 is 17.7 Å². The van der Waals surface area contributed by atoms with Crippen LogP contribution in [0.15, 0.2) is 246 Å². The highest BCUT2D eigenvalue weighted by atomic mass is 32.1. The number of amides is 10. The number of H-pyrrole nitrogens is 1. The minimum atomic E-state index is -3.59. The van der Waals surface area contributed by atoms with Crippen molar-refractivity contribution in [1.82, 2.24) is 102 Å². The molecule has 5 aliphatic heterocycles. The molecule has 1 aliphatic carbocycles. The molecule has 1 fully saturated rings. The van der Waals surface area contributed by atoms with Crippen molar-refractivity contribution in [2.24, 2.45) is 5.92 Å². The Morgan fingerprint density at radius 3 is 1.57 bits per heavy atom. The maximum absolute atomic E-state index is 14.6. The van der Waals surface area contributed by atoms with Crippen LogP contribution in [0.2, 0.25) is 0 Å². The number of halogens is 2. The lowest BCUT2D eigenvalue weighted by molar-refractivity contribution is -0.122. The fourth-order valence-electron chi connectivity index (χ4n) is 16.9. The Morgan fingerprint density at radius 2 is 0.987 bits per heavy atom. The number of anilines is 5. The Balaban J connectivity index is 0.000000128. The molecule has 0 unspecified atom stereocenters. The molecule has 0 spiro atoms. The quantitative estimate of drug-likeness (QED) is 0.0386. The van der Waals surface area contributed by atoms with Gasteiger partial charge in [0.05, 0.1) is 12.0 Å². The largest absolute Gasteiger partial charge is 0.484 e. The van der Waals surface area contributed by atoms with Crippen LogP contribution < -0.4 is 65.3 Å². The van der Waals surface area contributed by atoms with Gasteiger partial charge in [-0.15, -0.1) is 43.3 Å². The number of nitrogens with one attached hydrogen (secondary N) is 6. The van der Waals surface area contributed by atoms with Gasteiger partial charge in [-0.2, -0.15) is 19.0 Å². The summed E-state index contributed by atoms with van der Waals surface area (Å²) in [6.07, 6.45) is 17.1. The number of aromatic nitrogens is 15. The summed E-state index contributed by atoms with van der Waals surface area (Å²) >= 11 is 2.53. The molecule has 0 radical (unpaired) electrons. The fraction of sp³-hybridized carbons (Fsp3) is 0.248. The highest BCUT2D eigenvalue weighted by Gasteiger charge is 2.53. The molecule has 0 bridgehead atoms. The SMILES string of the molecule is C#Cc1cccc(Cc2cnc(C(=O)N[C@H]3CCc4cccnc4N(C)C3=O)s2)c1.CN1C(=O)[C@@H](NC(=O)c2n[nH]c(Cc3ccccc3)n2)[C@H]2C[C@H]2c2cc(C#N)cnc21.C[C@H]1Oc2cccnc2N(C)C(=O)[C@H]1NC(=O)c1nnc(C(F)(F)c2ccccc2)o1.C[C@H]1Oc2cccnc2N(C)C(=O)[C@H]1NC(=O)c1nnc(Cc2ccccc2)s1.C[C@H]1Oc2cccnc2N(C)C(=O)[C@H]1NC(=O)c1noc(Cc2ccccc2)n1. The number of nitriles is 1. The van der Waals surface area contributed by atoms with Gasteiger partial charge in [-0.1, -0.05) is 162 Å². The molecule has 6 N–H and O–H groups in total. The second kappa shape index (κ2) is 45.8. The number of pyridine rings is 5. The number of aromatic amines is 1. The summed E-state index contributed by atoms with van der Waals surface area (Å²) in [5.41, 5.74) is 6.97. The topological polar surface area (TPSA) is 521 Å². The molecular weight excluding hydrogens is 1970 g/mol. The number of carbonyl (C=O) groups is 10. The first-order valence-corrected chi connectivity index (χ1v) is 48.6. The van der Waals surface area contributed by atoms with Gasteiger partial charge < -0.3 is 49.7 Å². The first-order valence-electron chi connectivity index (χ1n) is 47.0. The summed E-state index contributed by atoms with van der Waals surface area (Å²) in [5, 5.41) is 49.3. The number of ether oxygens (including phenoxy) is 3. The van der Waals surface area contributed by atoms with E-state index in [0.717, 1.165) is 55.2 Å². The van der Waals surface area contributed by atoms with Crippen molar-refractivity contribution in [1.29, 1.82) is 5.26 Å². The summed E-state index contributed by atoms with van der Waals surface area (Å²) in [5.74, 6) is -2.77. The number of nitrogens with zero attached hydrogens (tertiary/aromatic N) is 20. The maximum Gasteiger partial charge on any atom is 0.349 e. The molecule has 6 aliphatic rings. The lowest BCUT2D eigenvalue weighted by Crippen LogP contribution is -2.53. The summed E-state index contributed by atoms with van der Waals surface area (Å²) in [6, 6.07) is 57.4. The van der Waals surface area contributed by atoms with E-state index in [-0.39, 0.29) is 63.6 Å². The Morgan fingerprint density at radius 1 is 0.480 bits per heavy atom. The number of likely N-dealkylation sites (N-methyl/N-ethyl adjacent to an activating group) is 5. The van der Waals surface area contributed by atoms with Crippen LogP contribution in [0.5, 0.6) is 17.2 Å². The summed E-state index contributed by atoms with van der Waals surface area (Å²) in [4.78, 5) is 170. The number of rotatable bonds is 20. The number of hydrogen-bond donors (Lipinski definition) is 6. The molecule has 10 amide bonds. The van der Waals surface area contributed by atoms with E-state index in [1.165, 1.54) is 90.9 Å². The minimum Gasteiger partial charge on any atom is -0.484 e. The molecule has 15 heterocycles. The Bertz CT molecular complexity index is 7450. The van der Waals surface area contributed by atoms with Gasteiger partial charge in [0.1, 0.15) is 77.1 Å². The second-order valence-electron chi connectivity index (χ2n) is 35.2. The number of aryl methyl sites for hydroxylation is 1. The van der Waals surface area contributed by atoms with Crippen LogP contribution in [0.1, 0.15) is 169 Å². The first kappa shape index (κ1) is 103. The zero-order valence-corrected chi connectivity index (χ0v) is 83.1. The Kier molecular flexibility index (Phi) is 31.4. The molecule has 760 valence electrons. The predicted octanol–water partition coefficient (Wildman–Crippen LogP) is 10.2. The molecule has 45 heteroatoms. The number of thiazole rings is 1. The van der Waals surface area contributed by atoms with Gasteiger partial charge in [-0.25, -0.2) is 34.9 Å². The van der Waals surface area contributed by atoms with Gasteiger partial charge in [0.25, 0.3) is 59.0 Å². The van der Waals surface area contributed by atoms with E-state index < -0.39 is 95.8 Å². The zero-order chi connectivity index (χ0) is 106. The normalized spacial score (nSPS) is 18.6. The Labute approximate surface area is 863 Å². The zero-order valence-electron chi connectivity index (χ0n) is 81.5. The van der Waals surface area contributed by atoms with E-state index in [1.807, 2.05) is 127 Å². The molecule has 21 rings (SSSR count). The third-order valence-corrected chi connectivity index (χ3v) is 26.8. The number of terminal acetylenes is 1. The van der Waals surface area contributed by atoms with Crippen LogP contribution >= 0.6 is 22.7 Å². The molecule has 150 heavy (non-hydrogen) atoms. The van der Waals surface area contributed by atoms with Gasteiger partial charge in [-0.05, 0) is 146 Å². The van der Waals surface area contributed by atoms with Gasteiger partial charge in [-0.3, -0.25) is 77.5 Å². The van der Waals surface area contributed by atoms with Crippen molar-refractivity contribution in [2.75, 3.05) is 59.7 Å². The van der Waals surface area contributed by atoms with E-state index in [9.17, 15) is 62.0 Å². The molecule has 15 aromatic rings. The highest BCUT2D eigenvalue weighted by Crippen LogP contribution is 2.54. The summed E-state index contributed by atoms with van der Waals surface area (Å²) in [6.45, 7) is 5.02. The van der Waals surface area contributed by atoms with Crippen LogP contribution in [0, 0.1) is 29.6 Å². The van der Waals surface area contributed by atoms with E-state index in [0.29, 0.717) is 107 Å². The number of fused-ring (bicyclic) bond motifs is 7. The van der Waals surface area contributed by atoms with Crippen molar-refractivity contribution < 1.29 is 79.9 Å². The second-order valence-corrected chi connectivity index (χ2v) is 37.3. The lowest BCUT2D eigenvalue weighted by atomic mass is 10.1. The summed E-state index contributed by atoms with van der Waals surface area (Å²) < 4.78 is 56.7. The average molecular weight is 2060 g/mol. The molecule has 0 saturated heterocycles. The van der Waals surface area contributed by atoms with Crippen LogP contribution in [-0.2, 0) is 62.0 Å². The van der Waals surface area contributed by atoms with E-state index in [1.54, 1.807) is 122 Å². The lowest BCUT2D eigenvalue weighted by Gasteiger charge is -2.22. The van der Waals surface area contributed by atoms with E-state index in [4.69, 9.17) is 29.6 Å². The van der Waals surface area contributed by atoms with Crippen molar-refractivity contribution in [3.8, 4) is 35.7 Å².